The Balaban J connectivity index is 1.87. The van der Waals surface area contributed by atoms with Gasteiger partial charge in [-0.1, -0.05) is 35.9 Å². The van der Waals surface area contributed by atoms with Crippen molar-refractivity contribution in [3.05, 3.63) is 65.2 Å². The molecule has 6 heteroatoms. The lowest BCUT2D eigenvalue weighted by molar-refractivity contribution is 0.0953. The zero-order chi connectivity index (χ0) is 16.9. The van der Waals surface area contributed by atoms with E-state index in [0.717, 1.165) is 11.1 Å². The summed E-state index contributed by atoms with van der Waals surface area (Å²) in [7, 11) is -3.54. The third-order valence-corrected chi connectivity index (χ3v) is 4.86. The molecule has 1 amide bonds. The van der Waals surface area contributed by atoms with Crippen LogP contribution < -0.4 is 10.0 Å². The summed E-state index contributed by atoms with van der Waals surface area (Å²) < 4.78 is 26.5. The van der Waals surface area contributed by atoms with E-state index in [1.54, 1.807) is 24.3 Å². The highest BCUT2D eigenvalue weighted by Crippen LogP contribution is 2.10. The Labute approximate surface area is 136 Å². The number of hydrogen-bond acceptors (Lipinski definition) is 3. The minimum atomic E-state index is -3.54. The lowest BCUT2D eigenvalue weighted by atomic mass is 10.1. The van der Waals surface area contributed by atoms with Crippen LogP contribution >= 0.6 is 0 Å². The van der Waals surface area contributed by atoms with Crippen LogP contribution in [0.3, 0.4) is 0 Å². The van der Waals surface area contributed by atoms with E-state index in [-0.39, 0.29) is 23.9 Å². The van der Waals surface area contributed by atoms with Crippen molar-refractivity contribution in [2.45, 2.75) is 18.7 Å². The number of hydrogen-bond donors (Lipinski definition) is 2. The fraction of sp³-hybridized carbons (Fsp3) is 0.235. The minimum Gasteiger partial charge on any atom is -0.351 e. The van der Waals surface area contributed by atoms with Gasteiger partial charge in [0.25, 0.3) is 5.91 Å². The van der Waals surface area contributed by atoms with Crippen molar-refractivity contribution in [3.8, 4) is 0 Å². The first-order valence-electron chi connectivity index (χ1n) is 7.30. The first-order chi connectivity index (χ1) is 10.9. The molecule has 0 spiro atoms. The molecule has 2 rings (SSSR count). The highest BCUT2D eigenvalue weighted by molar-refractivity contribution is 7.89. The summed E-state index contributed by atoms with van der Waals surface area (Å²) in [6, 6.07) is 13.7. The van der Waals surface area contributed by atoms with Crippen LogP contribution in [-0.2, 0) is 10.0 Å². The number of aryl methyl sites for hydroxylation is 2. The maximum absolute atomic E-state index is 12.1. The molecule has 0 saturated carbocycles. The average molecular weight is 332 g/mol. The molecule has 0 fully saturated rings. The van der Waals surface area contributed by atoms with Gasteiger partial charge in [-0.3, -0.25) is 4.79 Å². The van der Waals surface area contributed by atoms with Gasteiger partial charge in [0.05, 0.1) is 4.90 Å². The minimum absolute atomic E-state index is 0.133. The fourth-order valence-corrected chi connectivity index (χ4v) is 3.26. The number of carbonyl (C=O) groups is 1. The van der Waals surface area contributed by atoms with Crippen LogP contribution in [-0.4, -0.2) is 27.4 Å². The predicted molar refractivity (Wildman–Crippen MR) is 89.9 cm³/mol. The molecule has 0 bridgehead atoms. The summed E-state index contributed by atoms with van der Waals surface area (Å²) in [5.41, 5.74) is 2.59. The van der Waals surface area contributed by atoms with Gasteiger partial charge < -0.3 is 5.32 Å². The molecule has 0 saturated heterocycles. The third kappa shape index (κ3) is 4.64. The first-order valence-corrected chi connectivity index (χ1v) is 8.78. The van der Waals surface area contributed by atoms with Crippen molar-refractivity contribution in [3.63, 3.8) is 0 Å². The van der Waals surface area contributed by atoms with Crippen LogP contribution in [0.1, 0.15) is 21.5 Å². The summed E-state index contributed by atoms with van der Waals surface area (Å²) in [5, 5.41) is 2.72. The van der Waals surface area contributed by atoms with Gasteiger partial charge in [-0.15, -0.1) is 0 Å². The van der Waals surface area contributed by atoms with Crippen molar-refractivity contribution in [1.82, 2.24) is 10.0 Å². The summed E-state index contributed by atoms with van der Waals surface area (Å²) in [6.07, 6.45) is 0. The molecule has 5 nitrogen and oxygen atoms in total. The summed E-state index contributed by atoms with van der Waals surface area (Å²) in [5.74, 6) is -0.207. The molecule has 0 unspecified atom stereocenters. The van der Waals surface area contributed by atoms with E-state index in [0.29, 0.717) is 5.56 Å². The fourth-order valence-electron chi connectivity index (χ4n) is 2.21. The van der Waals surface area contributed by atoms with Gasteiger partial charge in [-0.05, 0) is 37.6 Å². The van der Waals surface area contributed by atoms with Crippen LogP contribution in [0.15, 0.2) is 53.4 Å². The Morgan fingerprint density at radius 3 is 2.35 bits per heavy atom. The lowest BCUT2D eigenvalue weighted by Gasteiger charge is -2.10. The van der Waals surface area contributed by atoms with Crippen molar-refractivity contribution in [2.24, 2.45) is 0 Å². The molecule has 122 valence electrons. The molecule has 0 atom stereocenters. The quantitative estimate of drug-likeness (QED) is 0.795. The normalized spacial score (nSPS) is 11.2. The molecule has 0 aliphatic rings. The predicted octanol–water partition coefficient (Wildman–Crippen LogP) is 2.01. The van der Waals surface area contributed by atoms with Crippen LogP contribution in [0, 0.1) is 13.8 Å². The van der Waals surface area contributed by atoms with Crippen molar-refractivity contribution < 1.29 is 13.2 Å². The number of benzene rings is 2. The Morgan fingerprint density at radius 1 is 1.00 bits per heavy atom. The third-order valence-electron chi connectivity index (χ3n) is 3.38. The molecule has 2 aromatic carbocycles. The Bertz CT molecular complexity index is 787. The van der Waals surface area contributed by atoms with Crippen LogP contribution in [0.2, 0.25) is 0 Å². The monoisotopic (exact) mass is 332 g/mol. The molecular formula is C17H20N2O3S. The largest absolute Gasteiger partial charge is 0.351 e. The maximum Gasteiger partial charge on any atom is 0.251 e. The van der Waals surface area contributed by atoms with Gasteiger partial charge >= 0.3 is 0 Å². The molecule has 23 heavy (non-hydrogen) atoms. The van der Waals surface area contributed by atoms with Gasteiger partial charge in [0.2, 0.25) is 10.0 Å². The molecule has 0 aromatic heterocycles. The highest BCUT2D eigenvalue weighted by atomic mass is 32.2. The van der Waals surface area contributed by atoms with E-state index in [2.05, 4.69) is 10.0 Å². The molecular weight excluding hydrogens is 312 g/mol. The van der Waals surface area contributed by atoms with E-state index >= 15 is 0 Å². The summed E-state index contributed by atoms with van der Waals surface area (Å²) >= 11 is 0. The number of amides is 1. The molecule has 0 aliphatic carbocycles. The molecule has 0 aliphatic heterocycles. The number of sulfonamides is 1. The first kappa shape index (κ1) is 17.2. The average Bonchev–Trinajstić information content (AvgIpc) is 2.52. The van der Waals surface area contributed by atoms with Crippen LogP contribution in [0.5, 0.6) is 0 Å². The van der Waals surface area contributed by atoms with Gasteiger partial charge in [0.1, 0.15) is 0 Å². The second-order valence-electron chi connectivity index (χ2n) is 5.29. The van der Waals surface area contributed by atoms with E-state index in [9.17, 15) is 13.2 Å². The summed E-state index contributed by atoms with van der Waals surface area (Å²) in [4.78, 5) is 12.3. The van der Waals surface area contributed by atoms with E-state index in [1.807, 2.05) is 26.0 Å². The maximum atomic E-state index is 12.1. The number of nitrogens with one attached hydrogen (secondary N) is 2. The highest BCUT2D eigenvalue weighted by Gasteiger charge is 2.13. The molecule has 2 aromatic rings. The van der Waals surface area contributed by atoms with Gasteiger partial charge in [-0.2, -0.15) is 0 Å². The van der Waals surface area contributed by atoms with Crippen molar-refractivity contribution in [2.75, 3.05) is 13.1 Å². The van der Waals surface area contributed by atoms with Crippen LogP contribution in [0.4, 0.5) is 0 Å². The van der Waals surface area contributed by atoms with Crippen LogP contribution in [0.25, 0.3) is 0 Å². The Kier molecular flexibility index (Phi) is 5.52. The zero-order valence-electron chi connectivity index (χ0n) is 13.2. The smallest absolute Gasteiger partial charge is 0.251 e. The topological polar surface area (TPSA) is 75.3 Å². The lowest BCUT2D eigenvalue weighted by Crippen LogP contribution is -2.34. The Hall–Kier alpha value is -2.18. The van der Waals surface area contributed by atoms with Gasteiger partial charge in [0.15, 0.2) is 0 Å². The number of carbonyl (C=O) groups excluding carboxylic acids is 1. The Morgan fingerprint density at radius 2 is 1.70 bits per heavy atom. The SMILES string of the molecule is Cc1ccc(C(=O)NCCNS(=O)(=O)c2ccccc2)c(C)c1. The zero-order valence-corrected chi connectivity index (χ0v) is 14.0. The van der Waals surface area contributed by atoms with Crippen molar-refractivity contribution in [1.29, 1.82) is 0 Å². The van der Waals surface area contributed by atoms with Gasteiger partial charge in [0, 0.05) is 18.7 Å². The van der Waals surface area contributed by atoms with Gasteiger partial charge in [-0.25, -0.2) is 13.1 Å². The second-order valence-corrected chi connectivity index (χ2v) is 7.05. The molecule has 2 N–H and O–H groups in total. The van der Waals surface area contributed by atoms with E-state index < -0.39 is 10.0 Å². The number of rotatable bonds is 6. The second kappa shape index (κ2) is 7.39. The van der Waals surface area contributed by atoms with Crippen molar-refractivity contribution >= 4 is 15.9 Å². The van der Waals surface area contributed by atoms with E-state index in [1.165, 1.54) is 12.1 Å². The van der Waals surface area contributed by atoms with E-state index in [4.69, 9.17) is 0 Å². The standard InChI is InChI=1S/C17H20N2O3S/c1-13-8-9-16(14(2)12-13)17(20)18-10-11-19-23(21,22)15-6-4-3-5-7-15/h3-9,12,19H,10-11H2,1-2H3,(H,18,20). The molecule has 0 heterocycles. The summed E-state index contributed by atoms with van der Waals surface area (Å²) in [6.45, 7) is 4.19. The molecule has 0 radical (unpaired) electrons.